The fourth-order valence-electron chi connectivity index (χ4n) is 5.31. The highest BCUT2D eigenvalue weighted by Gasteiger charge is 2.30. The molecule has 1 aromatic heterocycles. The number of likely N-dealkylation sites (tertiary alicyclic amines) is 1. The van der Waals surface area contributed by atoms with Crippen LogP contribution in [0.3, 0.4) is 0 Å². The second-order valence-electron chi connectivity index (χ2n) is 9.70. The molecule has 0 saturated carbocycles. The van der Waals surface area contributed by atoms with E-state index >= 15 is 0 Å². The highest BCUT2D eigenvalue weighted by molar-refractivity contribution is 5.94. The van der Waals surface area contributed by atoms with E-state index in [0.717, 1.165) is 42.9 Å². The van der Waals surface area contributed by atoms with E-state index in [0.29, 0.717) is 25.6 Å². The SMILES string of the molecule is Cc1ncccc1N1CCC(C(=O)Nc2ccc(C3CCN(C(=O)c4ccccc4F)CC3)cc2)C1. The molecule has 7 heteroatoms. The number of amides is 2. The van der Waals surface area contributed by atoms with Gasteiger partial charge in [-0.2, -0.15) is 0 Å². The Hall–Kier alpha value is -3.74. The average molecular weight is 487 g/mol. The Morgan fingerprint density at radius 3 is 2.42 bits per heavy atom. The Morgan fingerprint density at radius 1 is 0.944 bits per heavy atom. The number of hydrogen-bond donors (Lipinski definition) is 1. The molecule has 2 aliphatic rings. The highest BCUT2D eigenvalue weighted by Crippen LogP contribution is 2.30. The zero-order valence-electron chi connectivity index (χ0n) is 20.5. The Kier molecular flexibility index (Phi) is 6.98. The third kappa shape index (κ3) is 5.10. The van der Waals surface area contributed by atoms with E-state index in [2.05, 4.69) is 33.4 Å². The summed E-state index contributed by atoms with van der Waals surface area (Å²) in [7, 11) is 0. The molecular weight excluding hydrogens is 455 g/mol. The molecule has 2 fully saturated rings. The van der Waals surface area contributed by atoms with Gasteiger partial charge in [-0.1, -0.05) is 24.3 Å². The molecule has 3 heterocycles. The van der Waals surface area contributed by atoms with Crippen molar-refractivity contribution in [2.24, 2.45) is 5.92 Å². The molecule has 5 rings (SSSR count). The molecule has 0 bridgehead atoms. The summed E-state index contributed by atoms with van der Waals surface area (Å²) in [6.07, 6.45) is 4.27. The summed E-state index contributed by atoms with van der Waals surface area (Å²) >= 11 is 0. The van der Waals surface area contributed by atoms with Crippen molar-refractivity contribution in [2.75, 3.05) is 36.4 Å². The molecule has 1 atom stereocenters. The minimum absolute atomic E-state index is 0.0479. The van der Waals surface area contributed by atoms with Crippen LogP contribution < -0.4 is 10.2 Å². The smallest absolute Gasteiger partial charge is 0.256 e. The van der Waals surface area contributed by atoms with Crippen LogP contribution in [-0.2, 0) is 4.79 Å². The van der Waals surface area contributed by atoms with E-state index in [9.17, 15) is 14.0 Å². The van der Waals surface area contributed by atoms with Gasteiger partial charge in [-0.25, -0.2) is 4.39 Å². The summed E-state index contributed by atoms with van der Waals surface area (Å²) < 4.78 is 14.0. The molecule has 0 spiro atoms. The molecule has 1 N–H and O–H groups in total. The predicted molar refractivity (Wildman–Crippen MR) is 139 cm³/mol. The van der Waals surface area contributed by atoms with Gasteiger partial charge in [-0.15, -0.1) is 0 Å². The number of carbonyl (C=O) groups is 2. The van der Waals surface area contributed by atoms with Crippen LogP contribution in [0.15, 0.2) is 66.9 Å². The first kappa shape index (κ1) is 24.0. The molecule has 36 heavy (non-hydrogen) atoms. The lowest BCUT2D eigenvalue weighted by Gasteiger charge is -2.32. The van der Waals surface area contributed by atoms with Crippen molar-refractivity contribution in [1.29, 1.82) is 0 Å². The van der Waals surface area contributed by atoms with Crippen molar-refractivity contribution in [3.05, 3.63) is 89.5 Å². The van der Waals surface area contributed by atoms with Crippen LogP contribution in [0, 0.1) is 18.7 Å². The number of aryl methyl sites for hydroxylation is 1. The van der Waals surface area contributed by atoms with Gasteiger partial charge in [-0.3, -0.25) is 14.6 Å². The van der Waals surface area contributed by atoms with Crippen LogP contribution in [0.1, 0.15) is 46.8 Å². The second kappa shape index (κ2) is 10.5. The van der Waals surface area contributed by atoms with Crippen molar-refractivity contribution in [3.63, 3.8) is 0 Å². The highest BCUT2D eigenvalue weighted by atomic mass is 19.1. The van der Waals surface area contributed by atoms with Crippen molar-refractivity contribution >= 4 is 23.2 Å². The van der Waals surface area contributed by atoms with Crippen LogP contribution in [0.4, 0.5) is 15.8 Å². The molecule has 1 unspecified atom stereocenters. The van der Waals surface area contributed by atoms with Crippen molar-refractivity contribution in [1.82, 2.24) is 9.88 Å². The third-order valence-electron chi connectivity index (χ3n) is 7.41. The lowest BCUT2D eigenvalue weighted by molar-refractivity contribution is -0.119. The standard InChI is InChI=1S/C29H31FN4O2/c1-20-27(7-4-15-31-20)34-18-14-23(19-34)28(35)32-24-10-8-21(9-11-24)22-12-16-33(17-13-22)29(36)25-5-2-3-6-26(25)30/h2-11,15,22-23H,12-14,16-19H2,1H3,(H,32,35). The summed E-state index contributed by atoms with van der Waals surface area (Å²) in [4.78, 5) is 33.9. The molecule has 186 valence electrons. The van der Waals surface area contributed by atoms with Crippen LogP contribution in [0.2, 0.25) is 0 Å². The molecule has 0 radical (unpaired) electrons. The Labute approximate surface area is 211 Å². The molecule has 6 nitrogen and oxygen atoms in total. The van der Waals surface area contributed by atoms with Gasteiger partial charge in [0, 0.05) is 38.1 Å². The van der Waals surface area contributed by atoms with E-state index < -0.39 is 5.82 Å². The summed E-state index contributed by atoms with van der Waals surface area (Å²) in [5.74, 6) is -0.383. The number of anilines is 2. The number of carbonyl (C=O) groups excluding carboxylic acids is 2. The van der Waals surface area contributed by atoms with E-state index in [-0.39, 0.29) is 23.3 Å². The monoisotopic (exact) mass is 486 g/mol. The first-order valence-corrected chi connectivity index (χ1v) is 12.6. The summed E-state index contributed by atoms with van der Waals surface area (Å²) in [6.45, 7) is 4.74. The number of hydrogen-bond acceptors (Lipinski definition) is 4. The number of benzene rings is 2. The molecule has 2 amide bonds. The minimum Gasteiger partial charge on any atom is -0.369 e. The normalized spacial score (nSPS) is 18.3. The molecule has 2 saturated heterocycles. The van der Waals surface area contributed by atoms with Crippen LogP contribution in [-0.4, -0.2) is 47.9 Å². The molecule has 0 aliphatic carbocycles. The number of piperidine rings is 1. The first-order chi connectivity index (χ1) is 17.5. The van der Waals surface area contributed by atoms with Gasteiger partial charge in [-0.05, 0) is 74.1 Å². The van der Waals surface area contributed by atoms with E-state index in [1.165, 1.54) is 11.6 Å². The van der Waals surface area contributed by atoms with E-state index in [4.69, 9.17) is 0 Å². The van der Waals surface area contributed by atoms with Crippen LogP contribution in [0.25, 0.3) is 0 Å². The Morgan fingerprint density at radius 2 is 1.69 bits per heavy atom. The summed E-state index contributed by atoms with van der Waals surface area (Å²) in [5.41, 5.74) is 4.21. The van der Waals surface area contributed by atoms with Crippen molar-refractivity contribution in [3.8, 4) is 0 Å². The lowest BCUT2D eigenvalue weighted by Crippen LogP contribution is -2.38. The third-order valence-corrected chi connectivity index (χ3v) is 7.41. The Bertz CT molecular complexity index is 1240. The topological polar surface area (TPSA) is 65.5 Å². The van der Waals surface area contributed by atoms with Gasteiger partial charge in [0.2, 0.25) is 5.91 Å². The number of aromatic nitrogens is 1. The van der Waals surface area contributed by atoms with E-state index in [1.54, 1.807) is 29.3 Å². The van der Waals surface area contributed by atoms with Crippen LogP contribution in [0.5, 0.6) is 0 Å². The average Bonchev–Trinajstić information content (AvgIpc) is 3.40. The van der Waals surface area contributed by atoms with Crippen molar-refractivity contribution < 1.29 is 14.0 Å². The summed E-state index contributed by atoms with van der Waals surface area (Å²) in [5, 5.41) is 3.08. The largest absolute Gasteiger partial charge is 0.369 e. The van der Waals surface area contributed by atoms with Crippen LogP contribution >= 0.6 is 0 Å². The van der Waals surface area contributed by atoms with Gasteiger partial charge < -0.3 is 15.1 Å². The fourth-order valence-corrected chi connectivity index (χ4v) is 5.31. The summed E-state index contributed by atoms with van der Waals surface area (Å²) in [6, 6.07) is 18.2. The molecule has 3 aromatic rings. The van der Waals surface area contributed by atoms with Gasteiger partial charge in [0.25, 0.3) is 5.91 Å². The number of halogens is 1. The van der Waals surface area contributed by atoms with Gasteiger partial charge >= 0.3 is 0 Å². The lowest BCUT2D eigenvalue weighted by atomic mass is 9.89. The number of rotatable bonds is 5. The minimum atomic E-state index is -0.472. The van der Waals surface area contributed by atoms with Gasteiger partial charge in [0.05, 0.1) is 22.9 Å². The maximum Gasteiger partial charge on any atom is 0.256 e. The second-order valence-corrected chi connectivity index (χ2v) is 9.70. The predicted octanol–water partition coefficient (Wildman–Crippen LogP) is 5.01. The number of nitrogens with one attached hydrogen (secondary N) is 1. The van der Waals surface area contributed by atoms with Gasteiger partial charge in [0.1, 0.15) is 5.82 Å². The maximum atomic E-state index is 14.0. The van der Waals surface area contributed by atoms with Crippen molar-refractivity contribution in [2.45, 2.75) is 32.1 Å². The van der Waals surface area contributed by atoms with Gasteiger partial charge in [0.15, 0.2) is 0 Å². The van der Waals surface area contributed by atoms with E-state index in [1.807, 2.05) is 25.1 Å². The quantitative estimate of drug-likeness (QED) is 0.550. The Balaban J connectivity index is 1.13. The first-order valence-electron chi connectivity index (χ1n) is 12.6. The zero-order valence-corrected chi connectivity index (χ0v) is 20.5. The zero-order chi connectivity index (χ0) is 25.1. The molecule has 2 aliphatic heterocycles. The fraction of sp³-hybridized carbons (Fsp3) is 0.345. The molecule has 2 aromatic carbocycles. The number of pyridine rings is 1. The number of nitrogens with zero attached hydrogens (tertiary/aromatic N) is 3. The molecular formula is C29H31FN4O2. The maximum absolute atomic E-state index is 14.0.